The van der Waals surface area contributed by atoms with E-state index in [0.29, 0.717) is 12.0 Å². The van der Waals surface area contributed by atoms with Gasteiger partial charge in [0, 0.05) is 4.47 Å². The van der Waals surface area contributed by atoms with Crippen LogP contribution in [0.25, 0.3) is 0 Å². The second-order valence-corrected chi connectivity index (χ2v) is 5.96. The third-order valence-electron chi connectivity index (χ3n) is 3.26. The van der Waals surface area contributed by atoms with Gasteiger partial charge in [0.1, 0.15) is 5.82 Å². The number of hydrazine groups is 1. The van der Waals surface area contributed by atoms with E-state index in [1.807, 2.05) is 25.1 Å². The summed E-state index contributed by atoms with van der Waals surface area (Å²) >= 11 is 9.23. The first kappa shape index (κ1) is 15.4. The Labute approximate surface area is 131 Å². The zero-order valence-corrected chi connectivity index (χ0v) is 13.3. The van der Waals surface area contributed by atoms with E-state index in [9.17, 15) is 4.39 Å². The van der Waals surface area contributed by atoms with E-state index in [1.165, 1.54) is 6.07 Å². The molecule has 0 aromatic heterocycles. The maximum Gasteiger partial charge on any atom is 0.145 e. The van der Waals surface area contributed by atoms with Crippen molar-refractivity contribution in [1.29, 1.82) is 0 Å². The fourth-order valence-electron chi connectivity index (χ4n) is 2.21. The number of aryl methyl sites for hydroxylation is 1. The summed E-state index contributed by atoms with van der Waals surface area (Å²) in [5.41, 5.74) is 5.42. The van der Waals surface area contributed by atoms with Gasteiger partial charge in [-0.2, -0.15) is 0 Å². The van der Waals surface area contributed by atoms with Gasteiger partial charge in [0.25, 0.3) is 0 Å². The van der Waals surface area contributed by atoms with Crippen molar-refractivity contribution in [3.05, 3.63) is 68.4 Å². The molecule has 0 bridgehead atoms. The average Bonchev–Trinajstić information content (AvgIpc) is 2.41. The number of nitrogens with two attached hydrogens (primary N) is 1. The van der Waals surface area contributed by atoms with Gasteiger partial charge in [0.2, 0.25) is 0 Å². The predicted octanol–water partition coefficient (Wildman–Crippen LogP) is 4.30. The van der Waals surface area contributed by atoms with Crippen molar-refractivity contribution in [2.45, 2.75) is 19.4 Å². The number of hydrogen-bond donors (Lipinski definition) is 2. The second kappa shape index (κ2) is 6.68. The summed E-state index contributed by atoms with van der Waals surface area (Å²) < 4.78 is 15.0. The van der Waals surface area contributed by atoms with Crippen LogP contribution in [0.2, 0.25) is 5.02 Å². The van der Waals surface area contributed by atoms with E-state index in [2.05, 4.69) is 21.4 Å². The third kappa shape index (κ3) is 3.38. The molecule has 0 saturated heterocycles. The smallest absolute Gasteiger partial charge is 0.145 e. The van der Waals surface area contributed by atoms with Crippen molar-refractivity contribution >= 4 is 27.5 Å². The van der Waals surface area contributed by atoms with Gasteiger partial charge in [-0.1, -0.05) is 45.7 Å². The van der Waals surface area contributed by atoms with E-state index in [-0.39, 0.29) is 16.9 Å². The van der Waals surface area contributed by atoms with Crippen molar-refractivity contribution in [2.24, 2.45) is 5.84 Å². The average molecular weight is 358 g/mol. The Morgan fingerprint density at radius 2 is 2.10 bits per heavy atom. The van der Waals surface area contributed by atoms with Gasteiger partial charge in [-0.3, -0.25) is 11.3 Å². The summed E-state index contributed by atoms with van der Waals surface area (Å²) in [6, 6.07) is 10.8. The number of rotatable bonds is 4. The molecule has 1 unspecified atom stereocenters. The Balaban J connectivity index is 2.31. The molecule has 3 N–H and O–H groups in total. The number of nitrogens with one attached hydrogen (secondary N) is 1. The minimum Gasteiger partial charge on any atom is -0.271 e. The Bertz CT molecular complexity index is 619. The Hall–Kier alpha value is -0.940. The van der Waals surface area contributed by atoms with Gasteiger partial charge < -0.3 is 0 Å². The Morgan fingerprint density at radius 3 is 2.75 bits per heavy atom. The zero-order valence-electron chi connectivity index (χ0n) is 11.0. The van der Waals surface area contributed by atoms with Crippen LogP contribution in [0.15, 0.2) is 40.9 Å². The molecule has 0 heterocycles. The largest absolute Gasteiger partial charge is 0.271 e. The maximum absolute atomic E-state index is 14.0. The fraction of sp³-hybridized carbons (Fsp3) is 0.200. The lowest BCUT2D eigenvalue weighted by molar-refractivity contribution is 0.527. The van der Waals surface area contributed by atoms with E-state index in [4.69, 9.17) is 17.4 Å². The van der Waals surface area contributed by atoms with Crippen LogP contribution >= 0.6 is 27.5 Å². The third-order valence-corrected chi connectivity index (χ3v) is 4.05. The molecule has 106 valence electrons. The van der Waals surface area contributed by atoms with Crippen molar-refractivity contribution in [1.82, 2.24) is 5.43 Å². The van der Waals surface area contributed by atoms with E-state index in [0.717, 1.165) is 15.6 Å². The van der Waals surface area contributed by atoms with Crippen molar-refractivity contribution < 1.29 is 4.39 Å². The highest BCUT2D eigenvalue weighted by Crippen LogP contribution is 2.26. The highest BCUT2D eigenvalue weighted by atomic mass is 79.9. The van der Waals surface area contributed by atoms with E-state index in [1.54, 1.807) is 12.1 Å². The summed E-state index contributed by atoms with van der Waals surface area (Å²) in [6.07, 6.45) is 0.436. The Morgan fingerprint density at radius 1 is 1.35 bits per heavy atom. The number of hydrogen-bond acceptors (Lipinski definition) is 2. The molecule has 20 heavy (non-hydrogen) atoms. The van der Waals surface area contributed by atoms with Gasteiger partial charge in [-0.05, 0) is 48.2 Å². The van der Waals surface area contributed by atoms with Gasteiger partial charge in [-0.25, -0.2) is 4.39 Å². The molecule has 5 heteroatoms. The molecule has 0 amide bonds. The van der Waals surface area contributed by atoms with Gasteiger partial charge in [0.05, 0.1) is 11.1 Å². The predicted molar refractivity (Wildman–Crippen MR) is 84.1 cm³/mol. The first-order chi connectivity index (χ1) is 9.52. The topological polar surface area (TPSA) is 38.0 Å². The van der Waals surface area contributed by atoms with Crippen LogP contribution in [0.3, 0.4) is 0 Å². The lowest BCUT2D eigenvalue weighted by atomic mass is 9.95. The van der Waals surface area contributed by atoms with Crippen molar-refractivity contribution in [3.8, 4) is 0 Å². The summed E-state index contributed by atoms with van der Waals surface area (Å²) in [4.78, 5) is 0. The number of halogens is 3. The zero-order chi connectivity index (χ0) is 14.7. The molecule has 0 fully saturated rings. The van der Waals surface area contributed by atoms with Gasteiger partial charge in [0.15, 0.2) is 0 Å². The molecule has 0 saturated carbocycles. The first-order valence-corrected chi connectivity index (χ1v) is 7.35. The lowest BCUT2D eigenvalue weighted by Crippen LogP contribution is -2.30. The lowest BCUT2D eigenvalue weighted by Gasteiger charge is -2.19. The standard InChI is InChI=1S/C15H15BrClFN2/c1-9-7-11(16)5-6-12(9)14(20-19)8-10-3-2-4-13(17)15(10)18/h2-7,14,20H,8,19H2,1H3. The summed E-state index contributed by atoms with van der Waals surface area (Å²) in [5.74, 6) is 5.25. The molecule has 0 aliphatic rings. The molecular weight excluding hydrogens is 343 g/mol. The SMILES string of the molecule is Cc1cc(Br)ccc1C(Cc1cccc(Cl)c1F)NN. The molecular formula is C15H15BrClFN2. The van der Waals surface area contributed by atoms with Crippen molar-refractivity contribution in [2.75, 3.05) is 0 Å². The first-order valence-electron chi connectivity index (χ1n) is 6.18. The molecule has 0 aliphatic carbocycles. The van der Waals surface area contributed by atoms with Gasteiger partial charge in [-0.15, -0.1) is 0 Å². The highest BCUT2D eigenvalue weighted by molar-refractivity contribution is 9.10. The fourth-order valence-corrected chi connectivity index (χ4v) is 2.88. The summed E-state index contributed by atoms with van der Waals surface area (Å²) in [7, 11) is 0. The van der Waals surface area contributed by atoms with E-state index >= 15 is 0 Å². The summed E-state index contributed by atoms with van der Waals surface area (Å²) in [6.45, 7) is 2.00. The minimum absolute atomic E-state index is 0.130. The van der Waals surface area contributed by atoms with E-state index < -0.39 is 0 Å². The molecule has 2 aromatic carbocycles. The molecule has 1 atom stereocenters. The molecule has 0 aliphatic heterocycles. The van der Waals surface area contributed by atoms with Crippen LogP contribution in [0.4, 0.5) is 4.39 Å². The molecule has 2 rings (SSSR count). The van der Waals surface area contributed by atoms with Crippen LogP contribution in [0, 0.1) is 12.7 Å². The van der Waals surface area contributed by atoms with Gasteiger partial charge >= 0.3 is 0 Å². The monoisotopic (exact) mass is 356 g/mol. The quantitative estimate of drug-likeness (QED) is 0.632. The van der Waals surface area contributed by atoms with Crippen LogP contribution in [0.1, 0.15) is 22.7 Å². The normalized spacial score (nSPS) is 12.4. The molecule has 0 spiro atoms. The van der Waals surface area contributed by atoms with Crippen LogP contribution in [-0.4, -0.2) is 0 Å². The van der Waals surface area contributed by atoms with Crippen LogP contribution < -0.4 is 11.3 Å². The maximum atomic E-state index is 14.0. The van der Waals surface area contributed by atoms with Crippen LogP contribution in [-0.2, 0) is 6.42 Å². The Kier molecular flexibility index (Phi) is 5.16. The highest BCUT2D eigenvalue weighted by Gasteiger charge is 2.16. The second-order valence-electron chi connectivity index (χ2n) is 4.64. The molecule has 2 nitrogen and oxygen atoms in total. The minimum atomic E-state index is -0.385. The molecule has 2 aromatic rings. The summed E-state index contributed by atoms with van der Waals surface area (Å²) in [5, 5.41) is 0.130. The molecule has 0 radical (unpaired) electrons. The number of benzene rings is 2. The van der Waals surface area contributed by atoms with Crippen molar-refractivity contribution in [3.63, 3.8) is 0 Å². The van der Waals surface area contributed by atoms with Crippen LogP contribution in [0.5, 0.6) is 0 Å².